The summed E-state index contributed by atoms with van der Waals surface area (Å²) in [4.78, 5) is 49.2. The molecule has 1 atom stereocenters. The Morgan fingerprint density at radius 2 is 1.22 bits per heavy atom. The second-order valence-electron chi connectivity index (χ2n) is 8.42. The van der Waals surface area contributed by atoms with Crippen LogP contribution in [-0.4, -0.2) is 33.8 Å². The third-order valence-corrected chi connectivity index (χ3v) is 5.65. The van der Waals surface area contributed by atoms with Gasteiger partial charge in [-0.1, -0.05) is 56.9 Å². The van der Waals surface area contributed by atoms with Gasteiger partial charge >= 0.3 is 0 Å². The number of unbranched alkanes of at least 4 members (excludes halogenated alkanes) is 3. The largest absolute Gasteiger partial charge is 0.507 e. The number of carbonyl (C=O) groups is 4. The Morgan fingerprint density at radius 3 is 1.78 bits per heavy atom. The fourth-order valence-corrected chi connectivity index (χ4v) is 3.61. The van der Waals surface area contributed by atoms with Crippen molar-refractivity contribution in [3.63, 3.8) is 0 Å². The number of para-hydroxylation sites is 2. The van der Waals surface area contributed by atoms with Gasteiger partial charge in [0.2, 0.25) is 11.8 Å². The molecular formula is C26H34N4O6. The van der Waals surface area contributed by atoms with E-state index in [1.165, 1.54) is 24.3 Å². The Bertz CT molecular complexity index is 1040. The number of hydrazine groups is 2. The maximum atomic E-state index is 12.7. The first-order valence-electron chi connectivity index (χ1n) is 12.1. The first kappa shape index (κ1) is 28.2. The quantitative estimate of drug-likeness (QED) is 0.195. The van der Waals surface area contributed by atoms with Crippen LogP contribution < -0.4 is 21.7 Å². The van der Waals surface area contributed by atoms with Crippen LogP contribution in [0, 0.1) is 5.92 Å². The lowest BCUT2D eigenvalue weighted by Crippen LogP contribution is -2.44. The van der Waals surface area contributed by atoms with E-state index in [1.807, 2.05) is 0 Å². The van der Waals surface area contributed by atoms with E-state index in [4.69, 9.17) is 0 Å². The normalized spacial score (nSPS) is 11.2. The number of hydrogen-bond acceptors (Lipinski definition) is 6. The van der Waals surface area contributed by atoms with E-state index in [-0.39, 0.29) is 35.0 Å². The molecule has 6 N–H and O–H groups in total. The molecule has 36 heavy (non-hydrogen) atoms. The highest BCUT2D eigenvalue weighted by molar-refractivity contribution is 5.98. The Balaban J connectivity index is 1.82. The fourth-order valence-electron chi connectivity index (χ4n) is 3.61. The summed E-state index contributed by atoms with van der Waals surface area (Å²) in [6, 6.07) is 12.0. The van der Waals surface area contributed by atoms with Crippen molar-refractivity contribution in [2.75, 3.05) is 0 Å². The van der Waals surface area contributed by atoms with Crippen LogP contribution in [0.2, 0.25) is 0 Å². The van der Waals surface area contributed by atoms with Gasteiger partial charge in [0.15, 0.2) is 0 Å². The van der Waals surface area contributed by atoms with Gasteiger partial charge in [0.25, 0.3) is 11.8 Å². The minimum absolute atomic E-state index is 0.0347. The SMILES string of the molecule is CCCCCCC(CCCC(=O)NNC(=O)c1ccccc1O)C(=O)NNC(=O)c1ccccc1O. The molecule has 4 amide bonds. The molecule has 0 saturated carbocycles. The molecule has 10 heteroatoms. The molecule has 0 spiro atoms. The zero-order valence-corrected chi connectivity index (χ0v) is 20.4. The van der Waals surface area contributed by atoms with Gasteiger partial charge in [-0.15, -0.1) is 0 Å². The number of hydrogen-bond donors (Lipinski definition) is 6. The lowest BCUT2D eigenvalue weighted by molar-refractivity contribution is -0.127. The van der Waals surface area contributed by atoms with Crippen molar-refractivity contribution in [3.05, 3.63) is 59.7 Å². The van der Waals surface area contributed by atoms with Gasteiger partial charge < -0.3 is 10.2 Å². The summed E-state index contributed by atoms with van der Waals surface area (Å²) in [5, 5.41) is 19.5. The van der Waals surface area contributed by atoms with Gasteiger partial charge in [-0.25, -0.2) is 0 Å². The number of carbonyl (C=O) groups excluding carboxylic acids is 4. The van der Waals surface area contributed by atoms with Gasteiger partial charge in [0.05, 0.1) is 11.1 Å². The van der Waals surface area contributed by atoms with E-state index in [1.54, 1.807) is 24.3 Å². The van der Waals surface area contributed by atoms with Crippen molar-refractivity contribution < 1.29 is 29.4 Å². The predicted octanol–water partition coefficient (Wildman–Crippen LogP) is 3.08. The third kappa shape index (κ3) is 9.28. The molecule has 0 radical (unpaired) electrons. The number of benzene rings is 2. The van der Waals surface area contributed by atoms with Gasteiger partial charge in [-0.3, -0.25) is 40.9 Å². The molecule has 1 unspecified atom stereocenters. The first-order valence-corrected chi connectivity index (χ1v) is 12.1. The predicted molar refractivity (Wildman–Crippen MR) is 134 cm³/mol. The second-order valence-corrected chi connectivity index (χ2v) is 8.42. The summed E-state index contributed by atoms with van der Waals surface area (Å²) in [7, 11) is 0. The molecule has 0 aliphatic carbocycles. The van der Waals surface area contributed by atoms with Crippen molar-refractivity contribution in [2.45, 2.75) is 58.3 Å². The summed E-state index contributed by atoms with van der Waals surface area (Å²) in [6.45, 7) is 2.09. The number of phenolic OH excluding ortho intramolecular Hbond substituents is 2. The monoisotopic (exact) mass is 498 g/mol. The van der Waals surface area contributed by atoms with Crippen LogP contribution in [0.25, 0.3) is 0 Å². The molecule has 0 saturated heterocycles. The van der Waals surface area contributed by atoms with Gasteiger partial charge in [0, 0.05) is 12.3 Å². The molecule has 0 heterocycles. The Hall–Kier alpha value is -4.08. The van der Waals surface area contributed by atoms with E-state index in [9.17, 15) is 29.4 Å². The van der Waals surface area contributed by atoms with E-state index in [0.717, 1.165) is 25.7 Å². The second kappa shape index (κ2) is 15.0. The average molecular weight is 499 g/mol. The molecular weight excluding hydrogens is 464 g/mol. The third-order valence-electron chi connectivity index (χ3n) is 5.65. The summed E-state index contributed by atoms with van der Waals surface area (Å²) in [6.07, 6.45) is 5.39. The lowest BCUT2D eigenvalue weighted by atomic mass is 9.94. The number of phenols is 2. The minimum atomic E-state index is -0.644. The fraction of sp³-hybridized carbons (Fsp3) is 0.385. The molecule has 0 fully saturated rings. The van der Waals surface area contributed by atoms with Crippen molar-refractivity contribution in [1.82, 2.24) is 21.7 Å². The maximum Gasteiger partial charge on any atom is 0.273 e. The van der Waals surface area contributed by atoms with E-state index in [0.29, 0.717) is 19.3 Å². The zero-order valence-electron chi connectivity index (χ0n) is 20.4. The van der Waals surface area contributed by atoms with Crippen molar-refractivity contribution in [2.24, 2.45) is 5.92 Å². The van der Waals surface area contributed by atoms with Crippen LogP contribution in [0.1, 0.15) is 79.0 Å². The van der Waals surface area contributed by atoms with Gasteiger partial charge in [-0.2, -0.15) is 0 Å². The number of aromatic hydroxyl groups is 2. The molecule has 0 aliphatic rings. The zero-order chi connectivity index (χ0) is 26.3. The minimum Gasteiger partial charge on any atom is -0.507 e. The molecule has 0 aromatic heterocycles. The molecule has 2 aromatic rings. The van der Waals surface area contributed by atoms with E-state index >= 15 is 0 Å². The Kier molecular flexibility index (Phi) is 11.8. The highest BCUT2D eigenvalue weighted by Gasteiger charge is 2.20. The molecule has 194 valence electrons. The summed E-state index contributed by atoms with van der Waals surface area (Å²) in [5.74, 6) is -2.90. The molecule has 0 aliphatic heterocycles. The number of amides is 4. The smallest absolute Gasteiger partial charge is 0.273 e. The highest BCUT2D eigenvalue weighted by Crippen LogP contribution is 2.19. The summed E-state index contributed by atoms with van der Waals surface area (Å²) < 4.78 is 0. The van der Waals surface area contributed by atoms with Crippen LogP contribution in [0.3, 0.4) is 0 Å². The number of nitrogens with one attached hydrogen (secondary N) is 4. The van der Waals surface area contributed by atoms with Crippen LogP contribution in [0.4, 0.5) is 0 Å². The van der Waals surface area contributed by atoms with Crippen LogP contribution in [-0.2, 0) is 9.59 Å². The average Bonchev–Trinajstić information content (AvgIpc) is 2.87. The standard InChI is InChI=1S/C26H34N4O6/c1-2-3-4-5-11-18(24(34)28-30-26(36)20-14-7-9-16-22(20)32)12-10-17-23(33)27-29-25(35)19-13-6-8-15-21(19)31/h6-9,13-16,18,31-32H,2-5,10-12,17H2,1H3,(H,27,33)(H,28,34)(H,29,35)(H,30,36). The Labute approximate surface area is 210 Å². The van der Waals surface area contributed by atoms with Gasteiger partial charge in [0.1, 0.15) is 11.5 Å². The van der Waals surface area contributed by atoms with E-state index < -0.39 is 23.6 Å². The molecule has 10 nitrogen and oxygen atoms in total. The topological polar surface area (TPSA) is 157 Å². The molecule has 2 rings (SSSR count). The number of rotatable bonds is 12. The van der Waals surface area contributed by atoms with Crippen LogP contribution >= 0.6 is 0 Å². The van der Waals surface area contributed by atoms with Crippen LogP contribution in [0.5, 0.6) is 11.5 Å². The highest BCUT2D eigenvalue weighted by atomic mass is 16.3. The Morgan fingerprint density at radius 1 is 0.694 bits per heavy atom. The maximum absolute atomic E-state index is 12.7. The lowest BCUT2D eigenvalue weighted by Gasteiger charge is -2.17. The van der Waals surface area contributed by atoms with Gasteiger partial charge in [-0.05, 0) is 43.5 Å². The summed E-state index contributed by atoms with van der Waals surface area (Å²) >= 11 is 0. The van der Waals surface area contributed by atoms with Crippen molar-refractivity contribution in [3.8, 4) is 11.5 Å². The van der Waals surface area contributed by atoms with Crippen LogP contribution in [0.15, 0.2) is 48.5 Å². The molecule has 0 bridgehead atoms. The first-order chi connectivity index (χ1) is 17.3. The van der Waals surface area contributed by atoms with Crippen molar-refractivity contribution in [1.29, 1.82) is 0 Å². The summed E-state index contributed by atoms with van der Waals surface area (Å²) in [5.41, 5.74) is 9.38. The van der Waals surface area contributed by atoms with Crippen molar-refractivity contribution >= 4 is 23.6 Å². The molecule has 2 aromatic carbocycles. The van der Waals surface area contributed by atoms with E-state index in [2.05, 4.69) is 28.6 Å².